The number of aryl methyl sites for hydroxylation is 1. The van der Waals surface area contributed by atoms with Crippen molar-refractivity contribution in [2.45, 2.75) is 38.0 Å². The molecule has 1 N–H and O–H groups in total. The highest BCUT2D eigenvalue weighted by Gasteiger charge is 2.45. The predicted octanol–water partition coefficient (Wildman–Crippen LogP) is 4.31. The smallest absolute Gasteiger partial charge is 0.235 e. The van der Waals surface area contributed by atoms with Gasteiger partial charge in [0.05, 0.1) is 5.41 Å². The van der Waals surface area contributed by atoms with Crippen molar-refractivity contribution in [3.05, 3.63) is 65.7 Å². The molecule has 2 nitrogen and oxygen atoms in total. The van der Waals surface area contributed by atoms with Crippen LogP contribution in [0.15, 0.2) is 54.6 Å². The van der Waals surface area contributed by atoms with Gasteiger partial charge in [0.15, 0.2) is 0 Å². The third kappa shape index (κ3) is 2.46. The van der Waals surface area contributed by atoms with Gasteiger partial charge in [0.1, 0.15) is 0 Å². The zero-order chi connectivity index (χ0) is 14.7. The fourth-order valence-corrected chi connectivity index (χ4v) is 3.13. The molecule has 0 aliphatic heterocycles. The van der Waals surface area contributed by atoms with Crippen molar-refractivity contribution in [3.63, 3.8) is 0 Å². The van der Waals surface area contributed by atoms with Crippen molar-refractivity contribution in [3.8, 4) is 0 Å². The number of hydrogen-bond acceptors (Lipinski definition) is 1. The van der Waals surface area contributed by atoms with Crippen molar-refractivity contribution in [2.75, 3.05) is 5.32 Å². The van der Waals surface area contributed by atoms with E-state index in [1.54, 1.807) is 0 Å². The number of rotatable bonds is 4. The summed E-state index contributed by atoms with van der Waals surface area (Å²) in [5, 5.41) is 3.16. The molecule has 0 radical (unpaired) electrons. The van der Waals surface area contributed by atoms with Crippen LogP contribution >= 0.6 is 0 Å². The average Bonchev–Trinajstić information content (AvgIpc) is 2.48. The molecule has 2 aromatic rings. The van der Waals surface area contributed by atoms with Crippen LogP contribution < -0.4 is 5.32 Å². The topological polar surface area (TPSA) is 29.1 Å². The van der Waals surface area contributed by atoms with Crippen LogP contribution in [0.5, 0.6) is 0 Å². The summed E-state index contributed by atoms with van der Waals surface area (Å²) in [6.07, 6.45) is 3.93. The number of hydrogen-bond donors (Lipinski definition) is 1. The van der Waals surface area contributed by atoms with Crippen molar-refractivity contribution >= 4 is 11.6 Å². The summed E-state index contributed by atoms with van der Waals surface area (Å²) >= 11 is 0. The largest absolute Gasteiger partial charge is 0.325 e. The second-order valence-electron chi connectivity index (χ2n) is 5.77. The quantitative estimate of drug-likeness (QED) is 0.887. The first-order valence-corrected chi connectivity index (χ1v) is 7.71. The second-order valence-corrected chi connectivity index (χ2v) is 5.77. The average molecular weight is 279 g/mol. The Kier molecular flexibility index (Phi) is 3.78. The molecule has 1 amide bonds. The summed E-state index contributed by atoms with van der Waals surface area (Å²) in [5.41, 5.74) is 2.95. The molecule has 0 atom stereocenters. The van der Waals surface area contributed by atoms with Gasteiger partial charge in [0.25, 0.3) is 0 Å². The van der Waals surface area contributed by atoms with Gasteiger partial charge in [0.2, 0.25) is 5.91 Å². The molecular weight excluding hydrogens is 258 g/mol. The van der Waals surface area contributed by atoms with Crippen molar-refractivity contribution in [1.29, 1.82) is 0 Å². The highest BCUT2D eigenvalue weighted by Crippen LogP contribution is 2.44. The van der Waals surface area contributed by atoms with E-state index in [1.807, 2.05) is 36.4 Å². The summed E-state index contributed by atoms with van der Waals surface area (Å²) in [6, 6.07) is 18.2. The molecule has 0 heterocycles. The van der Waals surface area contributed by atoms with Gasteiger partial charge in [-0.05, 0) is 36.5 Å². The molecule has 108 valence electrons. The lowest BCUT2D eigenvalue weighted by molar-refractivity contribution is -0.124. The Balaban J connectivity index is 1.87. The summed E-state index contributed by atoms with van der Waals surface area (Å²) in [4.78, 5) is 12.9. The molecule has 2 heteroatoms. The fourth-order valence-electron chi connectivity index (χ4n) is 3.13. The Hall–Kier alpha value is -2.09. The van der Waals surface area contributed by atoms with Gasteiger partial charge in [-0.2, -0.15) is 0 Å². The number of benzene rings is 2. The van der Waals surface area contributed by atoms with E-state index in [-0.39, 0.29) is 11.3 Å². The monoisotopic (exact) mass is 279 g/mol. The Morgan fingerprint density at radius 3 is 2.33 bits per heavy atom. The minimum Gasteiger partial charge on any atom is -0.325 e. The Labute approximate surface area is 126 Å². The second kappa shape index (κ2) is 5.72. The Bertz CT molecular complexity index is 629. The van der Waals surface area contributed by atoms with Gasteiger partial charge < -0.3 is 5.32 Å². The number of para-hydroxylation sites is 1. The van der Waals surface area contributed by atoms with Gasteiger partial charge in [0, 0.05) is 5.69 Å². The number of carbonyl (C=O) groups is 1. The Morgan fingerprint density at radius 1 is 1.05 bits per heavy atom. The van der Waals surface area contributed by atoms with E-state index in [4.69, 9.17) is 0 Å². The zero-order valence-corrected chi connectivity index (χ0v) is 12.4. The SMILES string of the molecule is CCc1ccccc1NC(=O)C1(c2ccccc2)CCC1. The van der Waals surface area contributed by atoms with Crippen molar-refractivity contribution in [1.82, 2.24) is 0 Å². The van der Waals surface area contributed by atoms with E-state index in [0.717, 1.165) is 36.9 Å². The lowest BCUT2D eigenvalue weighted by Crippen LogP contribution is -2.46. The first kappa shape index (κ1) is 13.9. The first-order chi connectivity index (χ1) is 10.3. The molecule has 1 aliphatic rings. The van der Waals surface area contributed by atoms with Gasteiger partial charge >= 0.3 is 0 Å². The number of nitrogens with one attached hydrogen (secondary N) is 1. The van der Waals surface area contributed by atoms with E-state index in [2.05, 4.69) is 30.4 Å². The Morgan fingerprint density at radius 2 is 1.71 bits per heavy atom. The standard InChI is InChI=1S/C19H21NO/c1-2-15-9-6-7-12-17(15)20-18(21)19(13-8-14-19)16-10-4-3-5-11-16/h3-7,9-12H,2,8,13-14H2,1H3,(H,20,21). The van der Waals surface area contributed by atoms with Crippen LogP contribution in [0.1, 0.15) is 37.3 Å². The molecule has 1 aliphatic carbocycles. The minimum atomic E-state index is -0.331. The van der Waals surface area contributed by atoms with Crippen molar-refractivity contribution < 1.29 is 4.79 Å². The molecule has 0 saturated heterocycles. The zero-order valence-electron chi connectivity index (χ0n) is 12.4. The number of amides is 1. The van der Waals surface area contributed by atoms with Crippen LogP contribution in [-0.4, -0.2) is 5.91 Å². The van der Waals surface area contributed by atoms with E-state index in [0.29, 0.717) is 0 Å². The highest BCUT2D eigenvalue weighted by atomic mass is 16.2. The lowest BCUT2D eigenvalue weighted by Gasteiger charge is -2.40. The van der Waals surface area contributed by atoms with E-state index < -0.39 is 0 Å². The summed E-state index contributed by atoms with van der Waals surface area (Å²) in [7, 11) is 0. The molecular formula is C19H21NO. The number of anilines is 1. The van der Waals surface area contributed by atoms with E-state index in [1.165, 1.54) is 5.56 Å². The predicted molar refractivity (Wildman–Crippen MR) is 86.4 cm³/mol. The van der Waals surface area contributed by atoms with Gasteiger partial charge in [-0.3, -0.25) is 4.79 Å². The molecule has 1 saturated carbocycles. The molecule has 3 rings (SSSR count). The van der Waals surface area contributed by atoms with Crippen LogP contribution in [0.25, 0.3) is 0 Å². The van der Waals surface area contributed by atoms with Gasteiger partial charge in [-0.15, -0.1) is 0 Å². The van der Waals surface area contributed by atoms with Crippen LogP contribution in [0.2, 0.25) is 0 Å². The van der Waals surface area contributed by atoms with Gasteiger partial charge in [-0.1, -0.05) is 61.9 Å². The van der Waals surface area contributed by atoms with Crippen LogP contribution in [0, 0.1) is 0 Å². The highest BCUT2D eigenvalue weighted by molar-refractivity contribution is 6.00. The van der Waals surface area contributed by atoms with E-state index in [9.17, 15) is 4.79 Å². The maximum absolute atomic E-state index is 12.9. The molecule has 0 aromatic heterocycles. The first-order valence-electron chi connectivity index (χ1n) is 7.71. The van der Waals surface area contributed by atoms with Gasteiger partial charge in [-0.25, -0.2) is 0 Å². The molecule has 0 unspecified atom stereocenters. The molecule has 21 heavy (non-hydrogen) atoms. The van der Waals surface area contributed by atoms with Crippen LogP contribution in [0.4, 0.5) is 5.69 Å². The third-order valence-corrected chi connectivity index (χ3v) is 4.61. The molecule has 0 bridgehead atoms. The van der Waals surface area contributed by atoms with E-state index >= 15 is 0 Å². The lowest BCUT2D eigenvalue weighted by atomic mass is 9.64. The minimum absolute atomic E-state index is 0.140. The normalized spacial score (nSPS) is 16.0. The summed E-state index contributed by atoms with van der Waals surface area (Å²) in [6.45, 7) is 2.11. The molecule has 0 spiro atoms. The number of carbonyl (C=O) groups excluding carboxylic acids is 1. The maximum atomic E-state index is 12.9. The third-order valence-electron chi connectivity index (χ3n) is 4.61. The van der Waals surface area contributed by atoms with Crippen LogP contribution in [-0.2, 0) is 16.6 Å². The van der Waals surface area contributed by atoms with Crippen LogP contribution in [0.3, 0.4) is 0 Å². The fraction of sp³-hybridized carbons (Fsp3) is 0.316. The summed E-state index contributed by atoms with van der Waals surface area (Å²) < 4.78 is 0. The molecule has 1 fully saturated rings. The summed E-state index contributed by atoms with van der Waals surface area (Å²) in [5.74, 6) is 0.140. The maximum Gasteiger partial charge on any atom is 0.235 e. The molecule has 2 aromatic carbocycles. The van der Waals surface area contributed by atoms with Crippen molar-refractivity contribution in [2.24, 2.45) is 0 Å².